The van der Waals surface area contributed by atoms with Crippen molar-refractivity contribution in [2.24, 2.45) is 0 Å². The maximum atomic E-state index is 13.1. The van der Waals surface area contributed by atoms with E-state index >= 15 is 0 Å². The first-order chi connectivity index (χ1) is 8.99. The third-order valence-corrected chi connectivity index (χ3v) is 2.69. The summed E-state index contributed by atoms with van der Waals surface area (Å²) in [7, 11) is 0. The van der Waals surface area contributed by atoms with Crippen LogP contribution >= 0.6 is 11.6 Å². The van der Waals surface area contributed by atoms with Crippen LogP contribution in [0.1, 0.15) is 17.4 Å². The highest BCUT2D eigenvalue weighted by Gasteiger charge is 2.24. The van der Waals surface area contributed by atoms with Gasteiger partial charge in [0.1, 0.15) is 11.9 Å². The van der Waals surface area contributed by atoms with Crippen molar-refractivity contribution in [3.05, 3.63) is 68.7 Å². The van der Waals surface area contributed by atoms with E-state index in [9.17, 15) is 19.6 Å². The number of hydrogen-bond acceptors (Lipinski definition) is 4. The Morgan fingerprint density at radius 3 is 2.79 bits per heavy atom. The molecule has 1 aromatic carbocycles. The van der Waals surface area contributed by atoms with Crippen molar-refractivity contribution >= 4 is 17.3 Å². The van der Waals surface area contributed by atoms with Gasteiger partial charge < -0.3 is 5.11 Å². The lowest BCUT2D eigenvalue weighted by atomic mass is 10.0. The molecule has 0 bridgehead atoms. The SMILES string of the molecule is O=[N+]([O-])c1cc(Cl)cnc1C(O)c1cccc(F)c1. The van der Waals surface area contributed by atoms with Crippen LogP contribution in [0.2, 0.25) is 5.02 Å². The number of rotatable bonds is 3. The minimum atomic E-state index is -1.40. The fourth-order valence-electron chi connectivity index (χ4n) is 1.63. The number of pyridine rings is 1. The van der Waals surface area contributed by atoms with Gasteiger partial charge in [0.25, 0.3) is 5.69 Å². The van der Waals surface area contributed by atoms with E-state index < -0.39 is 22.5 Å². The normalized spacial score (nSPS) is 12.2. The van der Waals surface area contributed by atoms with Gasteiger partial charge in [0, 0.05) is 12.3 Å². The quantitative estimate of drug-likeness (QED) is 0.694. The zero-order chi connectivity index (χ0) is 14.0. The molecule has 0 radical (unpaired) electrons. The van der Waals surface area contributed by atoms with Crippen LogP contribution in [0.5, 0.6) is 0 Å². The van der Waals surface area contributed by atoms with Crippen molar-refractivity contribution in [2.75, 3.05) is 0 Å². The number of nitrogens with zero attached hydrogens (tertiary/aromatic N) is 2. The van der Waals surface area contributed by atoms with Gasteiger partial charge >= 0.3 is 0 Å². The Morgan fingerprint density at radius 1 is 1.42 bits per heavy atom. The molecular weight excluding hydrogens is 275 g/mol. The third kappa shape index (κ3) is 2.86. The van der Waals surface area contributed by atoms with E-state index in [1.54, 1.807) is 0 Å². The number of nitro groups is 1. The van der Waals surface area contributed by atoms with E-state index in [-0.39, 0.29) is 16.3 Å². The Balaban J connectivity index is 2.49. The summed E-state index contributed by atoms with van der Waals surface area (Å²) >= 11 is 5.63. The molecule has 0 amide bonds. The summed E-state index contributed by atoms with van der Waals surface area (Å²) in [6.45, 7) is 0. The number of halogens is 2. The summed E-state index contributed by atoms with van der Waals surface area (Å²) in [5.41, 5.74) is -0.415. The van der Waals surface area contributed by atoms with Gasteiger partial charge in [-0.3, -0.25) is 10.1 Å². The molecule has 0 spiro atoms. The maximum Gasteiger partial charge on any atom is 0.295 e. The molecule has 0 saturated carbocycles. The molecule has 0 aliphatic heterocycles. The minimum absolute atomic E-state index is 0.0851. The van der Waals surface area contributed by atoms with Gasteiger partial charge in [-0.15, -0.1) is 0 Å². The molecule has 5 nitrogen and oxygen atoms in total. The first-order valence-corrected chi connectivity index (χ1v) is 5.60. The lowest BCUT2D eigenvalue weighted by Gasteiger charge is -2.10. The summed E-state index contributed by atoms with van der Waals surface area (Å²) in [5, 5.41) is 21.0. The molecule has 1 heterocycles. The fourth-order valence-corrected chi connectivity index (χ4v) is 1.78. The highest BCUT2D eigenvalue weighted by Crippen LogP contribution is 2.30. The Bertz CT molecular complexity index is 636. The van der Waals surface area contributed by atoms with Gasteiger partial charge in [-0.25, -0.2) is 9.37 Å². The summed E-state index contributed by atoms with van der Waals surface area (Å²) in [6.07, 6.45) is -0.208. The largest absolute Gasteiger partial charge is 0.382 e. The molecule has 19 heavy (non-hydrogen) atoms. The van der Waals surface area contributed by atoms with Crippen LogP contribution in [-0.4, -0.2) is 15.0 Å². The van der Waals surface area contributed by atoms with Crippen LogP contribution in [0.3, 0.4) is 0 Å². The van der Waals surface area contributed by atoms with Gasteiger partial charge in [0.05, 0.1) is 9.95 Å². The standard InChI is InChI=1S/C12H8ClFN2O3/c13-8-5-10(16(18)19)11(15-6-8)12(17)7-2-1-3-9(14)4-7/h1-6,12,17H. The molecule has 1 unspecified atom stereocenters. The molecule has 0 fully saturated rings. The molecular formula is C12H8ClFN2O3. The van der Waals surface area contributed by atoms with Crippen molar-refractivity contribution in [1.82, 2.24) is 4.98 Å². The fraction of sp³-hybridized carbons (Fsp3) is 0.0833. The average Bonchev–Trinajstić information content (AvgIpc) is 2.37. The van der Waals surface area contributed by atoms with Crippen LogP contribution in [0.25, 0.3) is 0 Å². The van der Waals surface area contributed by atoms with Gasteiger partial charge in [0.15, 0.2) is 5.69 Å². The molecule has 2 aromatic rings. The van der Waals surface area contributed by atoms with Crippen LogP contribution in [0.4, 0.5) is 10.1 Å². The van der Waals surface area contributed by atoms with E-state index in [2.05, 4.69) is 4.98 Å². The zero-order valence-electron chi connectivity index (χ0n) is 9.46. The first kappa shape index (κ1) is 13.4. The van der Waals surface area contributed by atoms with Crippen LogP contribution in [0, 0.1) is 15.9 Å². The van der Waals surface area contributed by atoms with Crippen LogP contribution in [0.15, 0.2) is 36.5 Å². The van der Waals surface area contributed by atoms with Crippen molar-refractivity contribution < 1.29 is 14.4 Å². The van der Waals surface area contributed by atoms with E-state index in [1.165, 1.54) is 24.4 Å². The second-order valence-electron chi connectivity index (χ2n) is 3.77. The lowest BCUT2D eigenvalue weighted by molar-refractivity contribution is -0.386. The number of aliphatic hydroxyl groups is 1. The second kappa shape index (κ2) is 5.29. The second-order valence-corrected chi connectivity index (χ2v) is 4.21. The van der Waals surface area contributed by atoms with Crippen molar-refractivity contribution in [3.63, 3.8) is 0 Å². The number of benzene rings is 1. The summed E-state index contributed by atoms with van der Waals surface area (Å²) in [6, 6.07) is 6.24. The smallest absolute Gasteiger partial charge is 0.295 e. The Hall–Kier alpha value is -2.05. The van der Waals surface area contributed by atoms with Gasteiger partial charge in [0.2, 0.25) is 0 Å². The maximum absolute atomic E-state index is 13.1. The van der Waals surface area contributed by atoms with Gasteiger partial charge in [-0.05, 0) is 17.7 Å². The highest BCUT2D eigenvalue weighted by atomic mass is 35.5. The van der Waals surface area contributed by atoms with E-state index in [4.69, 9.17) is 11.6 Å². The van der Waals surface area contributed by atoms with Gasteiger partial charge in [-0.1, -0.05) is 23.7 Å². The molecule has 2 rings (SSSR count). The van der Waals surface area contributed by atoms with Crippen LogP contribution in [-0.2, 0) is 0 Å². The highest BCUT2D eigenvalue weighted by molar-refractivity contribution is 6.30. The molecule has 1 N–H and O–H groups in total. The number of hydrogen-bond donors (Lipinski definition) is 1. The molecule has 98 valence electrons. The molecule has 0 saturated heterocycles. The van der Waals surface area contributed by atoms with E-state index in [0.717, 1.165) is 12.1 Å². The third-order valence-electron chi connectivity index (χ3n) is 2.48. The summed E-state index contributed by atoms with van der Waals surface area (Å²) in [4.78, 5) is 14.0. The molecule has 0 aliphatic carbocycles. The summed E-state index contributed by atoms with van der Waals surface area (Å²) in [5.74, 6) is -0.548. The van der Waals surface area contributed by atoms with Gasteiger partial charge in [-0.2, -0.15) is 0 Å². The van der Waals surface area contributed by atoms with E-state index in [0.29, 0.717) is 0 Å². The van der Waals surface area contributed by atoms with E-state index in [1.807, 2.05) is 0 Å². The Morgan fingerprint density at radius 2 is 2.16 bits per heavy atom. The van der Waals surface area contributed by atoms with Crippen molar-refractivity contribution in [3.8, 4) is 0 Å². The Kier molecular flexibility index (Phi) is 3.73. The van der Waals surface area contributed by atoms with Crippen molar-refractivity contribution in [2.45, 2.75) is 6.10 Å². The molecule has 1 aromatic heterocycles. The Labute approximate surface area is 112 Å². The predicted octanol–water partition coefficient (Wildman–Crippen LogP) is 2.86. The average molecular weight is 283 g/mol. The predicted molar refractivity (Wildman–Crippen MR) is 66.4 cm³/mol. The number of aromatic nitrogens is 1. The topological polar surface area (TPSA) is 76.3 Å². The molecule has 0 aliphatic rings. The lowest BCUT2D eigenvalue weighted by Crippen LogP contribution is -2.06. The number of aliphatic hydroxyl groups excluding tert-OH is 1. The zero-order valence-corrected chi connectivity index (χ0v) is 10.2. The molecule has 7 heteroatoms. The first-order valence-electron chi connectivity index (χ1n) is 5.22. The van der Waals surface area contributed by atoms with Crippen molar-refractivity contribution in [1.29, 1.82) is 0 Å². The summed E-state index contributed by atoms with van der Waals surface area (Å²) < 4.78 is 13.1. The van der Waals surface area contributed by atoms with Crippen LogP contribution < -0.4 is 0 Å². The molecule has 1 atom stereocenters. The minimum Gasteiger partial charge on any atom is -0.382 e. The monoisotopic (exact) mass is 282 g/mol.